The number of phenolic OH excluding ortho intramolecular Hbond substituents is 1. The second kappa shape index (κ2) is 11.5. The van der Waals surface area contributed by atoms with E-state index in [9.17, 15) is 29.4 Å². The van der Waals surface area contributed by atoms with E-state index in [2.05, 4.69) is 20.6 Å². The van der Waals surface area contributed by atoms with Crippen LogP contribution in [-0.4, -0.2) is 62.0 Å². The predicted molar refractivity (Wildman–Crippen MR) is 112 cm³/mol. The Kier molecular flexibility index (Phi) is 8.72. The number of benzene rings is 1. The molecule has 1 aromatic heterocycles. The summed E-state index contributed by atoms with van der Waals surface area (Å²) in [6, 6.07) is 2.58. The fraction of sp³-hybridized carbons (Fsp3) is 0.350. The fourth-order valence-electron chi connectivity index (χ4n) is 2.90. The number of carbonyl (C=O) groups is 4. The molecule has 3 amide bonds. The zero-order chi connectivity index (χ0) is 23.7. The van der Waals surface area contributed by atoms with Crippen molar-refractivity contribution in [2.45, 2.75) is 43.8 Å². The molecular weight excluding hydrogens is 420 g/mol. The minimum absolute atomic E-state index is 0.0576. The molecular formula is C20H26N6O6. The number of carboxylic acids is 1. The molecule has 0 saturated carbocycles. The molecule has 0 radical (unpaired) electrons. The summed E-state index contributed by atoms with van der Waals surface area (Å²) in [4.78, 5) is 54.5. The first-order valence-corrected chi connectivity index (χ1v) is 9.78. The lowest BCUT2D eigenvalue weighted by atomic mass is 10.0. The van der Waals surface area contributed by atoms with Gasteiger partial charge in [-0.2, -0.15) is 0 Å². The molecule has 9 N–H and O–H groups in total. The van der Waals surface area contributed by atoms with Crippen molar-refractivity contribution >= 4 is 23.7 Å². The molecule has 0 aliphatic heterocycles. The van der Waals surface area contributed by atoms with Gasteiger partial charge in [0.05, 0.1) is 12.4 Å². The van der Waals surface area contributed by atoms with Gasteiger partial charge in [-0.3, -0.25) is 14.4 Å². The average Bonchev–Trinajstić information content (AvgIpc) is 3.24. The molecule has 1 heterocycles. The Morgan fingerprint density at radius 2 is 1.69 bits per heavy atom. The van der Waals surface area contributed by atoms with Crippen LogP contribution in [-0.2, 0) is 32.0 Å². The first kappa shape index (κ1) is 24.3. The molecule has 0 saturated heterocycles. The lowest BCUT2D eigenvalue weighted by Gasteiger charge is -2.22. The molecule has 0 fully saturated rings. The van der Waals surface area contributed by atoms with Gasteiger partial charge in [-0.05, 0) is 30.5 Å². The van der Waals surface area contributed by atoms with Gasteiger partial charge in [0.25, 0.3) is 0 Å². The van der Waals surface area contributed by atoms with Crippen LogP contribution < -0.4 is 22.1 Å². The molecule has 0 aliphatic carbocycles. The zero-order valence-electron chi connectivity index (χ0n) is 17.2. The number of aromatic nitrogens is 2. The van der Waals surface area contributed by atoms with E-state index in [4.69, 9.17) is 11.5 Å². The number of H-pyrrole nitrogens is 1. The number of hydrogen-bond acceptors (Lipinski definition) is 7. The number of carbonyl (C=O) groups excluding carboxylic acids is 3. The fourth-order valence-corrected chi connectivity index (χ4v) is 2.90. The van der Waals surface area contributed by atoms with Gasteiger partial charge >= 0.3 is 5.97 Å². The zero-order valence-corrected chi connectivity index (χ0v) is 17.2. The second-order valence-electron chi connectivity index (χ2n) is 7.22. The van der Waals surface area contributed by atoms with Crippen molar-refractivity contribution in [3.63, 3.8) is 0 Å². The van der Waals surface area contributed by atoms with Crippen LogP contribution in [0.1, 0.15) is 24.1 Å². The Labute approximate surface area is 183 Å². The van der Waals surface area contributed by atoms with Crippen molar-refractivity contribution in [1.82, 2.24) is 20.6 Å². The summed E-state index contributed by atoms with van der Waals surface area (Å²) in [5.41, 5.74) is 12.3. The summed E-state index contributed by atoms with van der Waals surface area (Å²) >= 11 is 0. The molecule has 12 nitrogen and oxygen atoms in total. The number of aromatic amines is 1. The number of rotatable bonds is 12. The maximum absolute atomic E-state index is 12.7. The SMILES string of the molecule is NC(=O)CCC(NC(=O)C(N)Cc1ccc(O)cc1)C(=O)NC(Cc1cnc[nH]1)C(=O)O. The first-order chi connectivity index (χ1) is 15.2. The molecule has 3 unspecified atom stereocenters. The standard InChI is InChI=1S/C20H26N6O6/c21-14(7-11-1-3-13(27)4-2-11)18(29)25-15(5-6-17(22)28)19(30)26-16(20(31)32)8-12-9-23-10-24-12/h1-4,9-10,14-16,27H,5-8,21H2,(H2,22,28)(H,23,24)(H,25,29)(H,26,30)(H,31,32). The molecule has 3 atom stereocenters. The molecule has 12 heteroatoms. The third kappa shape index (κ3) is 7.72. The Hall–Kier alpha value is -3.93. The van der Waals surface area contributed by atoms with Crippen LogP contribution in [0.2, 0.25) is 0 Å². The molecule has 0 aliphatic rings. The number of hydrogen-bond donors (Lipinski definition) is 7. The number of phenols is 1. The number of nitrogens with zero attached hydrogens (tertiary/aromatic N) is 1. The van der Waals surface area contributed by atoms with Gasteiger partial charge in [0.15, 0.2) is 0 Å². The van der Waals surface area contributed by atoms with Crippen LogP contribution in [0.5, 0.6) is 5.75 Å². The number of aliphatic carboxylic acids is 1. The smallest absolute Gasteiger partial charge is 0.326 e. The highest BCUT2D eigenvalue weighted by Gasteiger charge is 2.28. The van der Waals surface area contributed by atoms with E-state index in [1.165, 1.54) is 24.7 Å². The number of nitrogens with two attached hydrogens (primary N) is 2. The Bertz CT molecular complexity index is 931. The van der Waals surface area contributed by atoms with Gasteiger partial charge < -0.3 is 37.3 Å². The van der Waals surface area contributed by atoms with Gasteiger partial charge in [0.1, 0.15) is 17.8 Å². The van der Waals surface area contributed by atoms with Gasteiger partial charge in [0.2, 0.25) is 17.7 Å². The second-order valence-corrected chi connectivity index (χ2v) is 7.22. The van der Waals surface area contributed by atoms with E-state index >= 15 is 0 Å². The average molecular weight is 446 g/mol. The maximum Gasteiger partial charge on any atom is 0.326 e. The highest BCUT2D eigenvalue weighted by atomic mass is 16.4. The molecule has 172 valence electrons. The highest BCUT2D eigenvalue weighted by Crippen LogP contribution is 2.11. The number of amides is 3. The molecule has 2 rings (SSSR count). The number of primary amides is 1. The lowest BCUT2D eigenvalue weighted by molar-refractivity contribution is -0.142. The van der Waals surface area contributed by atoms with Crippen LogP contribution in [0.25, 0.3) is 0 Å². The van der Waals surface area contributed by atoms with Crippen molar-refractivity contribution in [3.8, 4) is 5.75 Å². The van der Waals surface area contributed by atoms with E-state index in [1.54, 1.807) is 12.1 Å². The molecule has 2 aromatic rings. The summed E-state index contributed by atoms with van der Waals surface area (Å²) in [6.45, 7) is 0. The van der Waals surface area contributed by atoms with Crippen molar-refractivity contribution < 1.29 is 29.4 Å². The van der Waals surface area contributed by atoms with Gasteiger partial charge in [-0.25, -0.2) is 9.78 Å². The molecule has 1 aromatic carbocycles. The molecule has 32 heavy (non-hydrogen) atoms. The summed E-state index contributed by atoms with van der Waals surface area (Å²) < 4.78 is 0. The highest BCUT2D eigenvalue weighted by molar-refractivity contribution is 5.92. The Morgan fingerprint density at radius 1 is 1.03 bits per heavy atom. The summed E-state index contributed by atoms with van der Waals surface area (Å²) in [5.74, 6) is -3.35. The topological polar surface area (TPSA) is 214 Å². The minimum Gasteiger partial charge on any atom is -0.508 e. The van der Waals surface area contributed by atoms with Gasteiger partial charge in [-0.1, -0.05) is 12.1 Å². The van der Waals surface area contributed by atoms with E-state index < -0.39 is 41.8 Å². The predicted octanol–water partition coefficient (Wildman–Crippen LogP) is -1.45. The van der Waals surface area contributed by atoms with Crippen molar-refractivity contribution in [1.29, 1.82) is 0 Å². The van der Waals surface area contributed by atoms with Crippen molar-refractivity contribution in [2.75, 3.05) is 0 Å². The number of imidazole rings is 1. The normalized spacial score (nSPS) is 13.5. The Balaban J connectivity index is 2.04. The van der Waals surface area contributed by atoms with Gasteiger partial charge in [0, 0.05) is 24.7 Å². The quantitative estimate of drug-likeness (QED) is 0.204. The monoisotopic (exact) mass is 446 g/mol. The van der Waals surface area contributed by atoms with E-state index in [1.807, 2.05) is 0 Å². The summed E-state index contributed by atoms with van der Waals surface area (Å²) in [5, 5.41) is 23.6. The Morgan fingerprint density at radius 3 is 2.25 bits per heavy atom. The minimum atomic E-state index is -1.29. The number of nitrogens with one attached hydrogen (secondary N) is 3. The van der Waals surface area contributed by atoms with E-state index in [-0.39, 0.29) is 31.4 Å². The summed E-state index contributed by atoms with van der Waals surface area (Å²) in [7, 11) is 0. The van der Waals surface area contributed by atoms with Crippen LogP contribution in [0.3, 0.4) is 0 Å². The first-order valence-electron chi connectivity index (χ1n) is 9.78. The van der Waals surface area contributed by atoms with Crippen molar-refractivity contribution in [2.24, 2.45) is 11.5 Å². The van der Waals surface area contributed by atoms with Crippen LogP contribution in [0.15, 0.2) is 36.8 Å². The summed E-state index contributed by atoms with van der Waals surface area (Å²) in [6.07, 6.45) is 2.54. The third-order valence-electron chi connectivity index (χ3n) is 4.63. The van der Waals surface area contributed by atoms with Gasteiger partial charge in [-0.15, -0.1) is 0 Å². The van der Waals surface area contributed by atoms with Crippen molar-refractivity contribution in [3.05, 3.63) is 48.0 Å². The largest absolute Gasteiger partial charge is 0.508 e. The van der Waals surface area contributed by atoms with Crippen LogP contribution in [0, 0.1) is 0 Å². The molecule has 0 bridgehead atoms. The third-order valence-corrected chi connectivity index (χ3v) is 4.63. The number of aromatic hydroxyl groups is 1. The van der Waals surface area contributed by atoms with Crippen LogP contribution in [0.4, 0.5) is 0 Å². The maximum atomic E-state index is 12.7. The molecule has 0 spiro atoms. The van der Waals surface area contributed by atoms with E-state index in [0.717, 1.165) is 0 Å². The lowest BCUT2D eigenvalue weighted by Crippen LogP contribution is -2.55. The van der Waals surface area contributed by atoms with E-state index in [0.29, 0.717) is 11.3 Å². The van der Waals surface area contributed by atoms with Crippen LogP contribution >= 0.6 is 0 Å². The number of carboxylic acid groups (broad SMARTS) is 1.